The van der Waals surface area contributed by atoms with E-state index in [4.69, 9.17) is 0 Å². The van der Waals surface area contributed by atoms with Crippen molar-refractivity contribution in [2.24, 2.45) is 0 Å². The molecule has 0 aliphatic heterocycles. The average molecular weight is 156 g/mol. The van der Waals surface area contributed by atoms with Crippen molar-refractivity contribution in [3.05, 3.63) is 0 Å². The highest BCUT2D eigenvalue weighted by Crippen LogP contribution is 1.92. The molecule has 0 bridgehead atoms. The smallest absolute Gasteiger partial charge is 0.0197 e. The molecule has 0 saturated heterocycles. The Kier molecular flexibility index (Phi) is 28.0. The Labute approximate surface area is 58.6 Å². The third kappa shape index (κ3) is 17.9. The maximum Gasteiger partial charge on any atom is 0.0197 e. The van der Waals surface area contributed by atoms with E-state index in [9.17, 15) is 0 Å². The molecule has 0 atom stereocenters. The summed E-state index contributed by atoms with van der Waals surface area (Å²) in [5.74, 6) is 0. The van der Waals surface area contributed by atoms with E-state index < -0.39 is 0 Å². The Bertz CT molecular complexity index is 30.2. The molecular formula is C6H18F2Si. The van der Waals surface area contributed by atoms with Gasteiger partial charge in [0, 0.05) is 9.52 Å². The summed E-state index contributed by atoms with van der Waals surface area (Å²) < 4.78 is 0. The van der Waals surface area contributed by atoms with Gasteiger partial charge in [0.25, 0.3) is 0 Å². The molecule has 0 rings (SSSR count). The number of rotatable bonds is 4. The zero-order valence-electron chi connectivity index (χ0n) is 6.35. The van der Waals surface area contributed by atoms with Gasteiger partial charge in [-0.3, -0.25) is 9.41 Å². The van der Waals surface area contributed by atoms with Crippen LogP contribution in [-0.4, -0.2) is 9.52 Å². The van der Waals surface area contributed by atoms with Crippen LogP contribution in [0, 0.1) is 0 Å². The number of hydrogen-bond acceptors (Lipinski definition) is 0. The first-order valence-corrected chi connectivity index (χ1v) is 5.41. The topological polar surface area (TPSA) is 0 Å². The van der Waals surface area contributed by atoms with Crippen molar-refractivity contribution in [2.75, 3.05) is 0 Å². The lowest BCUT2D eigenvalue weighted by Crippen LogP contribution is -1.84. The fourth-order valence-electron chi connectivity index (χ4n) is 0.677. The molecule has 0 N–H and O–H groups in total. The van der Waals surface area contributed by atoms with Crippen LogP contribution in [0.2, 0.25) is 12.1 Å². The van der Waals surface area contributed by atoms with E-state index in [0.29, 0.717) is 9.52 Å². The molecule has 0 unspecified atom stereocenters. The second kappa shape index (κ2) is 15.7. The van der Waals surface area contributed by atoms with Gasteiger partial charge in [-0.25, -0.2) is 0 Å². The maximum atomic E-state index is 2.28. The van der Waals surface area contributed by atoms with Gasteiger partial charge in [0.05, 0.1) is 0 Å². The van der Waals surface area contributed by atoms with Gasteiger partial charge in [0.1, 0.15) is 0 Å². The average Bonchev–Trinajstić information content (AvgIpc) is 1.69. The highest BCUT2D eigenvalue weighted by molar-refractivity contribution is 6.35. The minimum atomic E-state index is 0. The largest absolute Gasteiger partial charge is 0.269 e. The van der Waals surface area contributed by atoms with E-state index in [-0.39, 0.29) is 9.41 Å². The lowest BCUT2D eigenvalue weighted by atomic mass is 10.6. The molecule has 0 radical (unpaired) electrons. The highest BCUT2D eigenvalue weighted by atomic mass is 28.2. The van der Waals surface area contributed by atoms with Crippen LogP contribution in [0.5, 0.6) is 0 Å². The Morgan fingerprint density at radius 1 is 0.889 bits per heavy atom. The van der Waals surface area contributed by atoms with Crippen molar-refractivity contribution < 1.29 is 9.41 Å². The maximum absolute atomic E-state index is 2.28. The summed E-state index contributed by atoms with van der Waals surface area (Å²) in [6.45, 7) is 4.56. The van der Waals surface area contributed by atoms with Gasteiger partial charge >= 0.3 is 0 Å². The highest BCUT2D eigenvalue weighted by Gasteiger charge is 1.81. The van der Waals surface area contributed by atoms with Crippen LogP contribution in [0.4, 0.5) is 9.41 Å². The minimum absolute atomic E-state index is 0. The molecule has 0 spiro atoms. The van der Waals surface area contributed by atoms with E-state index in [1.54, 1.807) is 12.1 Å². The molecular weight excluding hydrogens is 138 g/mol. The van der Waals surface area contributed by atoms with E-state index in [2.05, 4.69) is 13.8 Å². The minimum Gasteiger partial charge on any atom is -0.269 e. The molecule has 3 heteroatoms. The van der Waals surface area contributed by atoms with Crippen LogP contribution < -0.4 is 0 Å². The second-order valence-corrected chi connectivity index (χ2v) is 4.18. The first-order valence-electron chi connectivity index (χ1n) is 3.41. The third-order valence-electron chi connectivity index (χ3n) is 1.21. The van der Waals surface area contributed by atoms with E-state index in [1.807, 2.05) is 0 Å². The molecule has 9 heavy (non-hydrogen) atoms. The quantitative estimate of drug-likeness (QED) is 0.432. The van der Waals surface area contributed by atoms with Crippen LogP contribution in [0.25, 0.3) is 0 Å². The van der Waals surface area contributed by atoms with Crippen molar-refractivity contribution in [3.8, 4) is 0 Å². The van der Waals surface area contributed by atoms with Crippen LogP contribution in [0.1, 0.15) is 26.7 Å². The fourth-order valence-corrected chi connectivity index (χ4v) is 2.03. The predicted molar refractivity (Wildman–Crippen MR) is 43.7 cm³/mol. The van der Waals surface area contributed by atoms with E-state index in [0.717, 1.165) is 0 Å². The molecule has 0 nitrogen and oxygen atoms in total. The van der Waals surface area contributed by atoms with Gasteiger partial charge in [-0.05, 0) is 0 Å². The molecule has 60 valence electrons. The summed E-state index contributed by atoms with van der Waals surface area (Å²) in [5.41, 5.74) is 0. The van der Waals surface area contributed by atoms with Crippen molar-refractivity contribution in [3.63, 3.8) is 0 Å². The summed E-state index contributed by atoms with van der Waals surface area (Å²) in [6, 6.07) is 3.13. The Morgan fingerprint density at radius 2 is 1.22 bits per heavy atom. The molecule has 0 heterocycles. The number of hydrogen-bond donors (Lipinski definition) is 0. The Hall–Kier alpha value is 0.0769. The summed E-state index contributed by atoms with van der Waals surface area (Å²) >= 11 is 0. The van der Waals surface area contributed by atoms with Gasteiger partial charge in [0.2, 0.25) is 0 Å². The van der Waals surface area contributed by atoms with Crippen LogP contribution in [0.15, 0.2) is 0 Å². The van der Waals surface area contributed by atoms with Crippen molar-refractivity contribution in [1.29, 1.82) is 0 Å². The van der Waals surface area contributed by atoms with Crippen LogP contribution in [0.3, 0.4) is 0 Å². The normalized spacial score (nSPS) is 7.33. The lowest BCUT2D eigenvalue weighted by molar-refractivity contribution is 1.02. The second-order valence-electron chi connectivity index (χ2n) is 2.06. The first kappa shape index (κ1) is 16.0. The summed E-state index contributed by atoms with van der Waals surface area (Å²) in [5, 5.41) is 0. The zero-order valence-corrected chi connectivity index (χ0v) is 7.77. The van der Waals surface area contributed by atoms with Gasteiger partial charge in [0.15, 0.2) is 0 Å². The fraction of sp³-hybridized carbons (Fsp3) is 1.00. The molecule has 0 aliphatic rings. The van der Waals surface area contributed by atoms with Crippen molar-refractivity contribution in [2.45, 2.75) is 38.8 Å². The summed E-state index contributed by atoms with van der Waals surface area (Å²) in [7, 11) is 0.411. The first-order chi connectivity index (χ1) is 3.41. The van der Waals surface area contributed by atoms with Crippen LogP contribution >= 0.6 is 0 Å². The lowest BCUT2D eigenvalue weighted by Gasteiger charge is -1.89. The van der Waals surface area contributed by atoms with Gasteiger partial charge in [-0.2, -0.15) is 0 Å². The molecule has 0 aromatic rings. The van der Waals surface area contributed by atoms with Crippen molar-refractivity contribution in [1.82, 2.24) is 0 Å². The summed E-state index contributed by atoms with van der Waals surface area (Å²) in [4.78, 5) is 0. The summed E-state index contributed by atoms with van der Waals surface area (Å²) in [6.07, 6.45) is 2.85. The number of halogens is 2. The molecule has 0 amide bonds. The SMILES string of the molecule is CCC[SiH2]CCC.F.F. The third-order valence-corrected chi connectivity index (χ3v) is 3.62. The van der Waals surface area contributed by atoms with Gasteiger partial charge in [-0.1, -0.05) is 38.8 Å². The van der Waals surface area contributed by atoms with E-state index >= 15 is 0 Å². The molecule has 0 aromatic heterocycles. The Morgan fingerprint density at radius 3 is 1.44 bits per heavy atom. The standard InChI is InChI=1S/C6H16Si.2FH/c1-3-5-7-6-4-2;;/h3-7H2,1-2H3;2*1H. The molecule has 0 saturated carbocycles. The van der Waals surface area contributed by atoms with E-state index in [1.165, 1.54) is 12.8 Å². The Balaban J connectivity index is -0.000000180. The molecule has 0 fully saturated rings. The molecule has 0 aliphatic carbocycles. The van der Waals surface area contributed by atoms with Crippen molar-refractivity contribution >= 4 is 9.52 Å². The van der Waals surface area contributed by atoms with Gasteiger partial charge < -0.3 is 0 Å². The zero-order chi connectivity index (χ0) is 5.54. The van der Waals surface area contributed by atoms with Gasteiger partial charge in [-0.15, -0.1) is 0 Å². The van der Waals surface area contributed by atoms with Crippen LogP contribution in [-0.2, 0) is 0 Å². The molecule has 0 aromatic carbocycles. The predicted octanol–water partition coefficient (Wildman–Crippen LogP) is 2.12. The monoisotopic (exact) mass is 156 g/mol.